The van der Waals surface area contributed by atoms with E-state index in [1.807, 2.05) is 18.7 Å². The van der Waals surface area contributed by atoms with Gasteiger partial charge in [-0.15, -0.1) is 22.0 Å². The van der Waals surface area contributed by atoms with Crippen LogP contribution in [0, 0.1) is 6.92 Å². The molecule has 2 atom stereocenters. The lowest BCUT2D eigenvalue weighted by atomic mass is 10.3. The van der Waals surface area contributed by atoms with Crippen molar-refractivity contribution in [2.75, 3.05) is 6.61 Å². The number of hydrogen-bond donors (Lipinski definition) is 0. The highest BCUT2D eigenvalue weighted by Crippen LogP contribution is 2.28. The molecule has 1 aliphatic rings. The van der Waals surface area contributed by atoms with E-state index in [0.29, 0.717) is 23.1 Å². The third kappa shape index (κ3) is 2.27. The van der Waals surface area contributed by atoms with Gasteiger partial charge in [0.15, 0.2) is 0 Å². The van der Waals surface area contributed by atoms with Gasteiger partial charge in [0, 0.05) is 18.8 Å². The van der Waals surface area contributed by atoms with Gasteiger partial charge in [-0.1, -0.05) is 0 Å². The number of thioether (sulfide) groups is 1. The molecule has 0 saturated carbocycles. The second-order valence-electron chi connectivity index (χ2n) is 3.43. The number of rotatable bonds is 3. The number of nitrogens with zero attached hydrogens (tertiary/aromatic N) is 2. The summed E-state index contributed by atoms with van der Waals surface area (Å²) in [6.07, 6.45) is 1.47. The third-order valence-corrected chi connectivity index (χ3v) is 3.76. The number of aromatic nitrogens is 2. The van der Waals surface area contributed by atoms with Crippen LogP contribution in [0.25, 0.3) is 0 Å². The van der Waals surface area contributed by atoms with Crippen LogP contribution < -0.4 is 0 Å². The predicted molar refractivity (Wildman–Crippen MR) is 54.1 cm³/mol. The van der Waals surface area contributed by atoms with Crippen molar-refractivity contribution < 1.29 is 9.15 Å². The predicted octanol–water partition coefficient (Wildman–Crippen LogP) is 1.79. The van der Waals surface area contributed by atoms with Crippen LogP contribution in [-0.4, -0.2) is 28.2 Å². The topological polar surface area (TPSA) is 48.2 Å². The van der Waals surface area contributed by atoms with Crippen molar-refractivity contribution in [3.63, 3.8) is 0 Å². The average molecular weight is 214 g/mol. The Hall–Kier alpha value is -0.550. The summed E-state index contributed by atoms with van der Waals surface area (Å²) in [7, 11) is 0. The summed E-state index contributed by atoms with van der Waals surface area (Å²) in [5, 5.41) is 8.31. The molecule has 78 valence electrons. The van der Waals surface area contributed by atoms with Crippen LogP contribution in [0.1, 0.15) is 25.1 Å². The molecule has 0 aliphatic carbocycles. The van der Waals surface area contributed by atoms with Gasteiger partial charge in [0.2, 0.25) is 11.8 Å². The Labute approximate surface area is 87.4 Å². The molecule has 0 unspecified atom stereocenters. The van der Waals surface area contributed by atoms with Crippen molar-refractivity contribution in [1.82, 2.24) is 10.2 Å². The molecule has 0 bridgehead atoms. The van der Waals surface area contributed by atoms with E-state index in [9.17, 15) is 0 Å². The van der Waals surface area contributed by atoms with Crippen LogP contribution in [0.3, 0.4) is 0 Å². The van der Waals surface area contributed by atoms with E-state index in [1.165, 1.54) is 0 Å². The van der Waals surface area contributed by atoms with Crippen LogP contribution in [0.5, 0.6) is 0 Å². The molecule has 2 heterocycles. The van der Waals surface area contributed by atoms with Gasteiger partial charge in [0.05, 0.1) is 11.9 Å². The van der Waals surface area contributed by atoms with E-state index in [-0.39, 0.29) is 0 Å². The monoisotopic (exact) mass is 214 g/mol. The van der Waals surface area contributed by atoms with E-state index >= 15 is 0 Å². The molecule has 0 spiro atoms. The molecule has 5 heteroatoms. The van der Waals surface area contributed by atoms with Gasteiger partial charge in [-0.25, -0.2) is 0 Å². The summed E-state index contributed by atoms with van der Waals surface area (Å²) in [5.74, 6) is 2.14. The van der Waals surface area contributed by atoms with Gasteiger partial charge in [0.25, 0.3) is 0 Å². The lowest BCUT2D eigenvalue weighted by molar-refractivity contribution is 0.127. The third-order valence-electron chi connectivity index (χ3n) is 2.30. The number of ether oxygens (including phenoxy) is 1. The van der Waals surface area contributed by atoms with Crippen LogP contribution in [0.15, 0.2) is 4.42 Å². The van der Waals surface area contributed by atoms with Crippen LogP contribution in [0.2, 0.25) is 0 Å². The standard InChI is InChI=1S/C9H14N2O2S/c1-6-8(3-4-12-6)14-5-9-11-10-7(2)13-9/h6,8H,3-5H2,1-2H3/t6-,8-/m1/s1. The molecule has 4 nitrogen and oxygen atoms in total. The Kier molecular flexibility index (Phi) is 3.08. The Morgan fingerprint density at radius 2 is 2.36 bits per heavy atom. The van der Waals surface area contributed by atoms with Gasteiger partial charge in [-0.3, -0.25) is 0 Å². The molecular formula is C9H14N2O2S. The summed E-state index contributed by atoms with van der Waals surface area (Å²) in [4.78, 5) is 0. The first-order valence-corrected chi connectivity index (χ1v) is 5.83. The molecule has 1 aromatic rings. The normalized spacial score (nSPS) is 27.0. The highest BCUT2D eigenvalue weighted by molar-refractivity contribution is 7.99. The quantitative estimate of drug-likeness (QED) is 0.767. The molecule has 2 rings (SSSR count). The van der Waals surface area contributed by atoms with Crippen LogP contribution in [0.4, 0.5) is 0 Å². The SMILES string of the molecule is Cc1nnc(CS[C@@H]2CCO[C@@H]2C)o1. The van der Waals surface area contributed by atoms with Crippen molar-refractivity contribution in [2.45, 2.75) is 37.4 Å². The molecule has 14 heavy (non-hydrogen) atoms. The minimum atomic E-state index is 0.351. The zero-order valence-corrected chi connectivity index (χ0v) is 9.21. The van der Waals surface area contributed by atoms with Crippen molar-refractivity contribution in [1.29, 1.82) is 0 Å². The molecule has 1 aliphatic heterocycles. The summed E-state index contributed by atoms with van der Waals surface area (Å²) in [5.41, 5.74) is 0. The van der Waals surface area contributed by atoms with E-state index in [1.54, 1.807) is 0 Å². The van der Waals surface area contributed by atoms with E-state index in [4.69, 9.17) is 9.15 Å². The first-order chi connectivity index (χ1) is 6.75. The highest BCUT2D eigenvalue weighted by atomic mass is 32.2. The smallest absolute Gasteiger partial charge is 0.226 e. The Morgan fingerprint density at radius 3 is 2.93 bits per heavy atom. The fourth-order valence-electron chi connectivity index (χ4n) is 1.51. The van der Waals surface area contributed by atoms with E-state index < -0.39 is 0 Å². The van der Waals surface area contributed by atoms with Gasteiger partial charge < -0.3 is 9.15 Å². The van der Waals surface area contributed by atoms with Crippen molar-refractivity contribution >= 4 is 11.8 Å². The lowest BCUT2D eigenvalue weighted by Gasteiger charge is -2.11. The summed E-state index contributed by atoms with van der Waals surface area (Å²) < 4.78 is 10.8. The molecule has 0 amide bonds. The molecule has 1 aromatic heterocycles. The van der Waals surface area contributed by atoms with Gasteiger partial charge in [-0.05, 0) is 13.3 Å². The first kappa shape index (κ1) is 9.98. The van der Waals surface area contributed by atoms with Gasteiger partial charge in [0.1, 0.15) is 0 Å². The lowest BCUT2D eigenvalue weighted by Crippen LogP contribution is -2.13. The largest absolute Gasteiger partial charge is 0.425 e. The van der Waals surface area contributed by atoms with Crippen molar-refractivity contribution in [3.05, 3.63) is 11.8 Å². The summed E-state index contributed by atoms with van der Waals surface area (Å²) in [6.45, 7) is 4.80. The number of hydrogen-bond acceptors (Lipinski definition) is 5. The van der Waals surface area contributed by atoms with Crippen molar-refractivity contribution in [2.24, 2.45) is 0 Å². The fourth-order valence-corrected chi connectivity index (χ4v) is 2.59. The first-order valence-electron chi connectivity index (χ1n) is 4.78. The van der Waals surface area contributed by atoms with Crippen LogP contribution >= 0.6 is 11.8 Å². The second kappa shape index (κ2) is 4.31. The van der Waals surface area contributed by atoms with E-state index in [0.717, 1.165) is 18.8 Å². The Morgan fingerprint density at radius 1 is 1.50 bits per heavy atom. The number of aryl methyl sites for hydroxylation is 1. The minimum absolute atomic E-state index is 0.351. The maximum atomic E-state index is 5.47. The van der Waals surface area contributed by atoms with Gasteiger partial charge >= 0.3 is 0 Å². The Bertz CT molecular complexity index is 303. The molecule has 1 saturated heterocycles. The second-order valence-corrected chi connectivity index (χ2v) is 4.66. The zero-order valence-electron chi connectivity index (χ0n) is 8.40. The zero-order chi connectivity index (χ0) is 9.97. The summed E-state index contributed by atoms with van der Waals surface area (Å²) >= 11 is 1.84. The van der Waals surface area contributed by atoms with Crippen LogP contribution in [-0.2, 0) is 10.5 Å². The molecule has 1 fully saturated rings. The molecule has 0 aromatic carbocycles. The minimum Gasteiger partial charge on any atom is -0.425 e. The van der Waals surface area contributed by atoms with Gasteiger partial charge in [-0.2, -0.15) is 0 Å². The molecule has 0 N–H and O–H groups in total. The van der Waals surface area contributed by atoms with E-state index in [2.05, 4.69) is 17.1 Å². The Balaban J connectivity index is 1.82. The molecular weight excluding hydrogens is 200 g/mol. The summed E-state index contributed by atoms with van der Waals surface area (Å²) in [6, 6.07) is 0. The fraction of sp³-hybridized carbons (Fsp3) is 0.778. The highest BCUT2D eigenvalue weighted by Gasteiger charge is 2.24. The molecule has 0 radical (unpaired) electrons. The van der Waals surface area contributed by atoms with Crippen molar-refractivity contribution in [3.8, 4) is 0 Å². The average Bonchev–Trinajstić information content (AvgIpc) is 2.72. The maximum absolute atomic E-state index is 5.47. The maximum Gasteiger partial charge on any atom is 0.226 e.